The molecule has 21 heavy (non-hydrogen) atoms. The fraction of sp³-hybridized carbons (Fsp3) is 0.400. The highest BCUT2D eigenvalue weighted by Gasteiger charge is 2.19. The molecule has 5 nitrogen and oxygen atoms in total. The Morgan fingerprint density at radius 1 is 1.43 bits per heavy atom. The lowest BCUT2D eigenvalue weighted by Crippen LogP contribution is -2.21. The summed E-state index contributed by atoms with van der Waals surface area (Å²) in [5.41, 5.74) is 1.23. The summed E-state index contributed by atoms with van der Waals surface area (Å²) in [6, 6.07) is 7.28. The van der Waals surface area contributed by atoms with Gasteiger partial charge in [-0.2, -0.15) is 0 Å². The lowest BCUT2D eigenvalue weighted by atomic mass is 10.1. The molecule has 0 aliphatic carbocycles. The molecule has 0 spiro atoms. The van der Waals surface area contributed by atoms with Crippen LogP contribution in [0, 0.1) is 0 Å². The Hall–Kier alpha value is -1.66. The molecule has 1 aromatic carbocycles. The van der Waals surface area contributed by atoms with Gasteiger partial charge < -0.3 is 14.8 Å². The van der Waals surface area contributed by atoms with E-state index < -0.39 is 16.8 Å². The highest BCUT2D eigenvalue weighted by atomic mass is 32.2. The molecule has 2 aromatic rings. The summed E-state index contributed by atoms with van der Waals surface area (Å²) >= 11 is 0. The van der Waals surface area contributed by atoms with Crippen LogP contribution in [0.3, 0.4) is 0 Å². The minimum Gasteiger partial charge on any atom is -0.475 e. The minimum absolute atomic E-state index is 0.0178. The zero-order valence-corrected chi connectivity index (χ0v) is 12.9. The average molecular weight is 309 g/mol. The van der Waals surface area contributed by atoms with Crippen LogP contribution in [0.15, 0.2) is 28.7 Å². The Balaban J connectivity index is 2.08. The van der Waals surface area contributed by atoms with Crippen LogP contribution in [0.5, 0.6) is 0 Å². The number of para-hydroxylation sites is 1. The summed E-state index contributed by atoms with van der Waals surface area (Å²) in [5, 5.41) is 13.4. The first-order valence-electron chi connectivity index (χ1n) is 6.77. The van der Waals surface area contributed by atoms with Crippen molar-refractivity contribution in [1.82, 2.24) is 5.32 Å². The smallest absolute Gasteiger partial charge is 0.372 e. The predicted molar refractivity (Wildman–Crippen MR) is 83.0 cm³/mol. The van der Waals surface area contributed by atoms with Gasteiger partial charge in [-0.15, -0.1) is 0 Å². The first-order chi connectivity index (χ1) is 10.0. The summed E-state index contributed by atoms with van der Waals surface area (Å²) in [7, 11) is -0.837. The van der Waals surface area contributed by atoms with Gasteiger partial charge in [0, 0.05) is 39.8 Å². The van der Waals surface area contributed by atoms with Crippen LogP contribution in [0.4, 0.5) is 0 Å². The second kappa shape index (κ2) is 6.87. The number of fused-ring (bicyclic) bond motifs is 1. The number of carboxylic acid groups (broad SMARTS) is 1. The topological polar surface area (TPSA) is 79.5 Å². The molecule has 2 rings (SSSR count). The van der Waals surface area contributed by atoms with Crippen LogP contribution in [-0.4, -0.2) is 33.3 Å². The standard InChI is InChI=1S/C15H19NO4S/c1-10(21(2)19)7-8-16-9-12-11-5-3-4-6-13(11)20-14(12)15(17)18/h3-6,10,16H,7-9H2,1-2H3,(H,17,18). The second-order valence-corrected chi connectivity index (χ2v) is 6.79. The maximum atomic E-state index is 11.3. The van der Waals surface area contributed by atoms with Crippen molar-refractivity contribution in [2.75, 3.05) is 12.8 Å². The maximum absolute atomic E-state index is 11.3. The van der Waals surface area contributed by atoms with Crippen molar-refractivity contribution in [3.63, 3.8) is 0 Å². The van der Waals surface area contributed by atoms with E-state index in [4.69, 9.17) is 4.42 Å². The monoisotopic (exact) mass is 309 g/mol. The van der Waals surface area contributed by atoms with Crippen LogP contribution in [0.25, 0.3) is 11.0 Å². The molecule has 2 atom stereocenters. The van der Waals surface area contributed by atoms with Crippen molar-refractivity contribution in [3.05, 3.63) is 35.6 Å². The van der Waals surface area contributed by atoms with E-state index in [1.807, 2.05) is 25.1 Å². The first-order valence-corrected chi connectivity index (χ1v) is 8.39. The van der Waals surface area contributed by atoms with Gasteiger partial charge in [-0.05, 0) is 19.0 Å². The Morgan fingerprint density at radius 2 is 2.14 bits per heavy atom. The summed E-state index contributed by atoms with van der Waals surface area (Å²) < 4.78 is 16.7. The van der Waals surface area contributed by atoms with E-state index in [1.165, 1.54) is 0 Å². The third kappa shape index (κ3) is 3.71. The van der Waals surface area contributed by atoms with Gasteiger partial charge in [-0.3, -0.25) is 4.21 Å². The van der Waals surface area contributed by atoms with E-state index in [9.17, 15) is 14.1 Å². The van der Waals surface area contributed by atoms with E-state index in [2.05, 4.69) is 5.32 Å². The second-order valence-electron chi connectivity index (χ2n) is 4.99. The number of carbonyl (C=O) groups is 1. The number of furan rings is 1. The van der Waals surface area contributed by atoms with E-state index in [0.29, 0.717) is 24.2 Å². The molecule has 0 amide bonds. The molecule has 0 aliphatic rings. The van der Waals surface area contributed by atoms with Gasteiger partial charge in [-0.1, -0.05) is 25.1 Å². The molecule has 1 aromatic heterocycles. The number of carboxylic acids is 1. The zero-order valence-electron chi connectivity index (χ0n) is 12.1. The number of hydrogen-bond acceptors (Lipinski definition) is 4. The number of hydrogen-bond donors (Lipinski definition) is 2. The van der Waals surface area contributed by atoms with Crippen LogP contribution in [-0.2, 0) is 17.3 Å². The molecule has 0 aliphatic heterocycles. The molecule has 6 heteroatoms. The number of aromatic carboxylic acids is 1. The Morgan fingerprint density at radius 3 is 2.81 bits per heavy atom. The molecule has 114 valence electrons. The Kier molecular flexibility index (Phi) is 5.14. The third-order valence-electron chi connectivity index (χ3n) is 3.49. The minimum atomic E-state index is -1.06. The zero-order chi connectivity index (χ0) is 15.4. The summed E-state index contributed by atoms with van der Waals surface area (Å²) in [4.78, 5) is 11.3. The van der Waals surface area contributed by atoms with Crippen LogP contribution in [0.2, 0.25) is 0 Å². The van der Waals surface area contributed by atoms with Crippen LogP contribution >= 0.6 is 0 Å². The highest BCUT2D eigenvalue weighted by Crippen LogP contribution is 2.25. The summed E-state index contributed by atoms with van der Waals surface area (Å²) in [5.74, 6) is -1.08. The van der Waals surface area contributed by atoms with E-state index in [1.54, 1.807) is 12.3 Å². The van der Waals surface area contributed by atoms with Crippen molar-refractivity contribution in [3.8, 4) is 0 Å². The van der Waals surface area contributed by atoms with Gasteiger partial charge >= 0.3 is 5.97 Å². The maximum Gasteiger partial charge on any atom is 0.372 e. The van der Waals surface area contributed by atoms with Crippen molar-refractivity contribution in [2.24, 2.45) is 0 Å². The fourth-order valence-electron chi connectivity index (χ4n) is 2.13. The normalized spacial score (nSPS) is 14.2. The number of benzene rings is 1. The molecule has 0 fully saturated rings. The third-order valence-corrected chi connectivity index (χ3v) is 4.86. The fourth-order valence-corrected chi connectivity index (χ4v) is 2.58. The molecule has 0 saturated carbocycles. The predicted octanol–water partition coefficient (Wildman–Crippen LogP) is 2.38. The van der Waals surface area contributed by atoms with Gasteiger partial charge in [0.1, 0.15) is 5.58 Å². The Labute approximate surface area is 125 Å². The van der Waals surface area contributed by atoms with Gasteiger partial charge in [-0.25, -0.2) is 4.79 Å². The molecule has 1 heterocycles. The quantitative estimate of drug-likeness (QED) is 0.768. The van der Waals surface area contributed by atoms with E-state index in [-0.39, 0.29) is 11.0 Å². The molecule has 2 unspecified atom stereocenters. The molecular weight excluding hydrogens is 290 g/mol. The molecule has 0 bridgehead atoms. The van der Waals surface area contributed by atoms with Gasteiger partial charge in [0.2, 0.25) is 5.76 Å². The molecule has 0 radical (unpaired) electrons. The lowest BCUT2D eigenvalue weighted by molar-refractivity contribution is 0.0663. The molecule has 2 N–H and O–H groups in total. The van der Waals surface area contributed by atoms with Gasteiger partial charge in [0.05, 0.1) is 0 Å². The number of rotatable bonds is 7. The van der Waals surface area contributed by atoms with Crippen molar-refractivity contribution in [2.45, 2.75) is 25.1 Å². The van der Waals surface area contributed by atoms with E-state index in [0.717, 1.165) is 11.8 Å². The van der Waals surface area contributed by atoms with Gasteiger partial charge in [0.15, 0.2) is 0 Å². The molecular formula is C15H19NO4S. The highest BCUT2D eigenvalue weighted by molar-refractivity contribution is 7.84. The van der Waals surface area contributed by atoms with Crippen LogP contribution in [0.1, 0.15) is 29.5 Å². The van der Waals surface area contributed by atoms with Crippen molar-refractivity contribution in [1.29, 1.82) is 0 Å². The van der Waals surface area contributed by atoms with Gasteiger partial charge in [0.25, 0.3) is 0 Å². The Bertz CT molecular complexity index is 665. The summed E-state index contributed by atoms with van der Waals surface area (Å²) in [6.07, 6.45) is 2.47. The van der Waals surface area contributed by atoms with E-state index >= 15 is 0 Å². The summed E-state index contributed by atoms with van der Waals surface area (Å²) in [6.45, 7) is 3.04. The largest absolute Gasteiger partial charge is 0.475 e. The van der Waals surface area contributed by atoms with Crippen LogP contribution < -0.4 is 5.32 Å². The lowest BCUT2D eigenvalue weighted by Gasteiger charge is -2.09. The number of nitrogens with one attached hydrogen (secondary N) is 1. The average Bonchev–Trinajstić information content (AvgIpc) is 2.82. The molecule has 0 saturated heterocycles. The SMILES string of the molecule is CC(CCNCc1c(C(=O)O)oc2ccccc12)S(C)=O. The van der Waals surface area contributed by atoms with Crippen molar-refractivity contribution < 1.29 is 18.5 Å². The first kappa shape index (κ1) is 15.7. The van der Waals surface area contributed by atoms with Crippen molar-refractivity contribution >= 4 is 27.7 Å².